The first kappa shape index (κ1) is 18.3. The number of aryl methyl sites for hydroxylation is 2. The summed E-state index contributed by atoms with van der Waals surface area (Å²) in [5.74, 6) is 0.903. The van der Waals surface area contributed by atoms with E-state index in [9.17, 15) is 0 Å². The maximum Gasteiger partial charge on any atom is 0.138 e. The third-order valence-electron chi connectivity index (χ3n) is 5.62. The summed E-state index contributed by atoms with van der Waals surface area (Å²) in [5, 5.41) is 0. The van der Waals surface area contributed by atoms with Gasteiger partial charge in [-0.3, -0.25) is 0 Å². The van der Waals surface area contributed by atoms with Crippen molar-refractivity contribution < 1.29 is 0 Å². The predicted octanol–water partition coefficient (Wildman–Crippen LogP) is 5.14. The van der Waals surface area contributed by atoms with Crippen molar-refractivity contribution >= 4 is 6.08 Å². The summed E-state index contributed by atoms with van der Waals surface area (Å²) in [7, 11) is 0. The zero-order chi connectivity index (χ0) is 20.5. The van der Waals surface area contributed by atoms with E-state index in [0.717, 1.165) is 41.6 Å². The van der Waals surface area contributed by atoms with Crippen LogP contribution < -0.4 is 0 Å². The average Bonchev–Trinajstić information content (AvgIpc) is 3.20. The maximum atomic E-state index is 4.80. The van der Waals surface area contributed by atoms with Gasteiger partial charge in [0.2, 0.25) is 0 Å². The van der Waals surface area contributed by atoms with Crippen molar-refractivity contribution in [3.05, 3.63) is 95.5 Å². The Bertz CT molecular complexity index is 1210. The van der Waals surface area contributed by atoms with Gasteiger partial charge in [0.1, 0.15) is 12.2 Å². The topological polar surface area (TPSA) is 57.7 Å². The monoisotopic (exact) mass is 393 g/mol. The highest BCUT2D eigenvalue weighted by Crippen LogP contribution is 2.27. The molecular formula is C25H23N5. The number of benzene rings is 2. The fourth-order valence-electron chi connectivity index (χ4n) is 3.72. The molecule has 1 aliphatic rings. The summed E-state index contributed by atoms with van der Waals surface area (Å²) in [5.41, 5.74) is 9.31. The number of H-pyrrole nitrogens is 1. The van der Waals surface area contributed by atoms with Crippen LogP contribution >= 0.6 is 0 Å². The van der Waals surface area contributed by atoms with Crippen LogP contribution in [0.4, 0.5) is 0 Å². The van der Waals surface area contributed by atoms with E-state index in [1.165, 1.54) is 22.3 Å². The number of imidazole rings is 1. The molecule has 148 valence electrons. The fraction of sp³-hybridized carbons (Fsp3) is 0.160. The molecule has 0 saturated carbocycles. The largest absolute Gasteiger partial charge is 0.366 e. The second-order valence-electron chi connectivity index (χ2n) is 7.75. The molecule has 0 radical (unpaired) electrons. The van der Waals surface area contributed by atoms with Crippen molar-refractivity contribution in [2.24, 2.45) is 0 Å². The number of rotatable bonds is 4. The first-order valence-corrected chi connectivity index (χ1v) is 10.1. The SMILES string of the molecule is Cc1ccc(-c2ccc(-c3nc4c([nH]3)CN(Cc3ccncn3)C=C4)cc2)cc1C. The molecule has 0 saturated heterocycles. The van der Waals surface area contributed by atoms with Crippen LogP contribution in [0.1, 0.15) is 28.2 Å². The molecule has 0 aliphatic carbocycles. The minimum absolute atomic E-state index is 0.747. The van der Waals surface area contributed by atoms with E-state index in [4.69, 9.17) is 4.98 Å². The molecule has 30 heavy (non-hydrogen) atoms. The van der Waals surface area contributed by atoms with Gasteiger partial charge in [-0.2, -0.15) is 0 Å². The van der Waals surface area contributed by atoms with Gasteiger partial charge in [-0.1, -0.05) is 42.5 Å². The second-order valence-corrected chi connectivity index (χ2v) is 7.75. The Morgan fingerprint density at radius 1 is 0.933 bits per heavy atom. The number of hydrogen-bond acceptors (Lipinski definition) is 4. The zero-order valence-electron chi connectivity index (χ0n) is 17.1. The van der Waals surface area contributed by atoms with Gasteiger partial charge >= 0.3 is 0 Å². The van der Waals surface area contributed by atoms with Crippen LogP contribution in [-0.2, 0) is 13.1 Å². The van der Waals surface area contributed by atoms with Crippen molar-refractivity contribution in [2.45, 2.75) is 26.9 Å². The van der Waals surface area contributed by atoms with Crippen molar-refractivity contribution in [2.75, 3.05) is 0 Å². The van der Waals surface area contributed by atoms with E-state index < -0.39 is 0 Å². The Labute approximate surface area is 176 Å². The van der Waals surface area contributed by atoms with Gasteiger partial charge in [0, 0.05) is 18.0 Å². The van der Waals surface area contributed by atoms with Crippen molar-refractivity contribution in [1.82, 2.24) is 24.8 Å². The molecule has 1 N–H and O–H groups in total. The second kappa shape index (κ2) is 7.59. The van der Waals surface area contributed by atoms with Gasteiger partial charge in [0.05, 0.1) is 30.2 Å². The standard InChI is InChI=1S/C25H23N5/c1-17-3-4-21(13-18(17)2)19-5-7-20(8-6-19)25-28-23-10-12-30(15-24(23)29-25)14-22-9-11-26-16-27-22/h3-13,16H,14-15H2,1-2H3,(H,28,29). The molecule has 0 unspecified atom stereocenters. The lowest BCUT2D eigenvalue weighted by molar-refractivity contribution is 0.350. The summed E-state index contributed by atoms with van der Waals surface area (Å²) in [6.07, 6.45) is 7.50. The third kappa shape index (κ3) is 3.62. The van der Waals surface area contributed by atoms with Gasteiger partial charge in [-0.25, -0.2) is 15.0 Å². The van der Waals surface area contributed by atoms with Crippen LogP contribution in [0.15, 0.2) is 67.3 Å². The van der Waals surface area contributed by atoms with Crippen molar-refractivity contribution in [3.63, 3.8) is 0 Å². The minimum atomic E-state index is 0.747. The highest BCUT2D eigenvalue weighted by Gasteiger charge is 2.16. The zero-order valence-corrected chi connectivity index (χ0v) is 17.1. The Kier molecular flexibility index (Phi) is 4.64. The lowest BCUT2D eigenvalue weighted by Crippen LogP contribution is -2.20. The summed E-state index contributed by atoms with van der Waals surface area (Å²) < 4.78 is 0. The van der Waals surface area contributed by atoms with E-state index in [1.807, 2.05) is 6.07 Å². The van der Waals surface area contributed by atoms with Gasteiger partial charge in [-0.05, 0) is 48.2 Å². The number of hydrogen-bond donors (Lipinski definition) is 1. The van der Waals surface area contributed by atoms with Crippen LogP contribution in [0.5, 0.6) is 0 Å². The van der Waals surface area contributed by atoms with E-state index in [-0.39, 0.29) is 0 Å². The van der Waals surface area contributed by atoms with Gasteiger partial charge in [0.15, 0.2) is 0 Å². The van der Waals surface area contributed by atoms with E-state index >= 15 is 0 Å². The molecule has 1 aliphatic heterocycles. The molecule has 0 spiro atoms. The smallest absolute Gasteiger partial charge is 0.138 e. The molecule has 5 heteroatoms. The maximum absolute atomic E-state index is 4.80. The van der Waals surface area contributed by atoms with E-state index in [2.05, 4.69) is 88.4 Å². The highest BCUT2D eigenvalue weighted by molar-refractivity contribution is 5.69. The molecule has 4 aromatic rings. The molecule has 0 bridgehead atoms. The predicted molar refractivity (Wildman–Crippen MR) is 119 cm³/mol. The van der Waals surface area contributed by atoms with Gasteiger partial charge < -0.3 is 9.88 Å². The van der Waals surface area contributed by atoms with Crippen molar-refractivity contribution in [3.8, 4) is 22.5 Å². The molecule has 5 nitrogen and oxygen atoms in total. The summed E-state index contributed by atoms with van der Waals surface area (Å²) in [6, 6.07) is 17.1. The highest BCUT2D eigenvalue weighted by atomic mass is 15.1. The first-order valence-electron chi connectivity index (χ1n) is 10.1. The minimum Gasteiger partial charge on any atom is -0.366 e. The fourth-order valence-corrected chi connectivity index (χ4v) is 3.72. The van der Waals surface area contributed by atoms with E-state index in [0.29, 0.717) is 0 Å². The van der Waals surface area contributed by atoms with Crippen LogP contribution in [-0.4, -0.2) is 24.8 Å². The molecule has 2 aromatic carbocycles. The number of fused-ring (bicyclic) bond motifs is 1. The third-order valence-corrected chi connectivity index (χ3v) is 5.62. The molecule has 3 heterocycles. The summed E-state index contributed by atoms with van der Waals surface area (Å²) in [4.78, 5) is 18.8. The van der Waals surface area contributed by atoms with Crippen LogP contribution in [0, 0.1) is 13.8 Å². The molecule has 0 amide bonds. The average molecular weight is 393 g/mol. The number of nitrogens with one attached hydrogen (secondary N) is 1. The number of aromatic nitrogens is 4. The Morgan fingerprint density at radius 2 is 1.73 bits per heavy atom. The Balaban J connectivity index is 1.34. The van der Waals surface area contributed by atoms with Crippen molar-refractivity contribution in [1.29, 1.82) is 0 Å². The van der Waals surface area contributed by atoms with E-state index in [1.54, 1.807) is 12.5 Å². The van der Waals surface area contributed by atoms with Gasteiger partial charge in [-0.15, -0.1) is 0 Å². The lowest BCUT2D eigenvalue weighted by atomic mass is 9.99. The molecule has 0 fully saturated rings. The van der Waals surface area contributed by atoms with Gasteiger partial charge in [0.25, 0.3) is 0 Å². The number of aromatic amines is 1. The number of nitrogens with zero attached hydrogens (tertiary/aromatic N) is 4. The Morgan fingerprint density at radius 3 is 2.50 bits per heavy atom. The normalized spacial score (nSPS) is 12.8. The first-order chi connectivity index (χ1) is 14.7. The van der Waals surface area contributed by atoms with Crippen LogP contribution in [0.25, 0.3) is 28.6 Å². The van der Waals surface area contributed by atoms with Crippen LogP contribution in [0.3, 0.4) is 0 Å². The Hall–Kier alpha value is -3.73. The molecule has 5 rings (SSSR count). The van der Waals surface area contributed by atoms with Crippen LogP contribution in [0.2, 0.25) is 0 Å². The molecule has 2 aromatic heterocycles. The quantitative estimate of drug-likeness (QED) is 0.522. The lowest BCUT2D eigenvalue weighted by Gasteiger charge is -2.22. The summed E-state index contributed by atoms with van der Waals surface area (Å²) in [6.45, 7) is 5.83. The molecular weight excluding hydrogens is 370 g/mol. The summed E-state index contributed by atoms with van der Waals surface area (Å²) >= 11 is 0. The molecule has 0 atom stereocenters.